The molecular weight excluding hydrogens is 334 g/mol. The molecule has 6 nitrogen and oxygen atoms in total. The largest absolute Gasteiger partial charge is 0.287 e. The third-order valence-corrected chi connectivity index (χ3v) is 4.21. The van der Waals surface area contributed by atoms with E-state index in [1.165, 1.54) is 28.9 Å². The minimum Gasteiger partial charge on any atom is -0.287 e. The molecule has 19 heavy (non-hydrogen) atoms. The number of ketones is 1. The predicted octanol–water partition coefficient (Wildman–Crippen LogP) is 1.21. The average Bonchev–Trinajstić information content (AvgIpc) is 2.67. The first-order chi connectivity index (χ1) is 8.80. The highest BCUT2D eigenvalue weighted by molar-refractivity contribution is 9.10. The van der Waals surface area contributed by atoms with Gasteiger partial charge in [0.05, 0.1) is 4.90 Å². The molecule has 0 unspecified atom stereocenters. The molecule has 2 aromatic rings. The van der Waals surface area contributed by atoms with E-state index in [2.05, 4.69) is 26.2 Å². The third kappa shape index (κ3) is 2.74. The first-order valence-electron chi connectivity index (χ1n) is 5.20. The second kappa shape index (κ2) is 4.86. The van der Waals surface area contributed by atoms with Gasteiger partial charge in [0.1, 0.15) is 5.69 Å². The summed E-state index contributed by atoms with van der Waals surface area (Å²) in [6.07, 6.45) is 1.12. The van der Waals surface area contributed by atoms with Crippen molar-refractivity contribution in [2.24, 2.45) is 7.05 Å². The summed E-state index contributed by atoms with van der Waals surface area (Å²) in [7, 11) is -1.66. The van der Waals surface area contributed by atoms with Crippen LogP contribution in [0.3, 0.4) is 0 Å². The average molecular weight is 344 g/mol. The molecule has 2 rings (SSSR count). The lowest BCUT2D eigenvalue weighted by Crippen LogP contribution is -2.09. The van der Waals surface area contributed by atoms with Crippen molar-refractivity contribution in [3.63, 3.8) is 0 Å². The molecule has 1 aromatic heterocycles. The Bertz CT molecular complexity index is 716. The predicted molar refractivity (Wildman–Crippen MR) is 71.7 cm³/mol. The molecule has 0 fully saturated rings. The summed E-state index contributed by atoms with van der Waals surface area (Å²) in [5.41, 5.74) is 0.686. The van der Waals surface area contributed by atoms with Gasteiger partial charge in [-0.2, -0.15) is 0 Å². The van der Waals surface area contributed by atoms with Gasteiger partial charge in [0, 0.05) is 18.9 Å². The molecule has 0 N–H and O–H groups in total. The maximum absolute atomic E-state index is 12.2. The van der Waals surface area contributed by atoms with Crippen LogP contribution in [0.1, 0.15) is 16.1 Å². The number of aromatic nitrogens is 3. The molecule has 0 atom stereocenters. The minimum atomic E-state index is -3.27. The SMILES string of the molecule is Cn1nnc(Br)c1C(=O)c1ccc(S(C)(=O)=O)cc1. The van der Waals surface area contributed by atoms with Crippen molar-refractivity contribution in [2.75, 3.05) is 6.26 Å². The molecule has 1 heterocycles. The molecule has 0 aliphatic carbocycles. The fourth-order valence-electron chi connectivity index (χ4n) is 1.56. The number of carbonyl (C=O) groups is 1. The lowest BCUT2D eigenvalue weighted by atomic mass is 10.1. The number of hydrogen-bond acceptors (Lipinski definition) is 5. The zero-order valence-electron chi connectivity index (χ0n) is 10.2. The number of rotatable bonds is 3. The van der Waals surface area contributed by atoms with Crippen molar-refractivity contribution in [3.8, 4) is 0 Å². The summed E-state index contributed by atoms with van der Waals surface area (Å²) in [5, 5.41) is 7.46. The number of nitrogens with zero attached hydrogens (tertiary/aromatic N) is 3. The number of hydrogen-bond donors (Lipinski definition) is 0. The normalized spacial score (nSPS) is 11.5. The van der Waals surface area contributed by atoms with E-state index in [9.17, 15) is 13.2 Å². The van der Waals surface area contributed by atoms with Crippen LogP contribution in [0.25, 0.3) is 0 Å². The quantitative estimate of drug-likeness (QED) is 0.782. The van der Waals surface area contributed by atoms with Gasteiger partial charge in [0.2, 0.25) is 5.78 Å². The van der Waals surface area contributed by atoms with E-state index in [1.54, 1.807) is 7.05 Å². The summed E-state index contributed by atoms with van der Waals surface area (Å²) < 4.78 is 24.4. The Morgan fingerprint density at radius 2 is 1.84 bits per heavy atom. The van der Waals surface area contributed by atoms with Crippen LogP contribution in [0.2, 0.25) is 0 Å². The van der Waals surface area contributed by atoms with Gasteiger partial charge in [-0.1, -0.05) is 5.21 Å². The van der Waals surface area contributed by atoms with Crippen molar-refractivity contribution < 1.29 is 13.2 Å². The molecular formula is C11H10BrN3O3S. The van der Waals surface area contributed by atoms with E-state index >= 15 is 0 Å². The van der Waals surface area contributed by atoms with Crippen LogP contribution in [-0.2, 0) is 16.9 Å². The Balaban J connectivity index is 2.41. The second-order valence-corrected chi connectivity index (χ2v) is 6.75. The van der Waals surface area contributed by atoms with Crippen molar-refractivity contribution in [1.29, 1.82) is 0 Å². The van der Waals surface area contributed by atoms with Gasteiger partial charge < -0.3 is 0 Å². The Hall–Kier alpha value is -1.54. The lowest BCUT2D eigenvalue weighted by Gasteiger charge is -2.03. The number of sulfone groups is 1. The van der Waals surface area contributed by atoms with Crippen molar-refractivity contribution in [2.45, 2.75) is 4.90 Å². The van der Waals surface area contributed by atoms with Gasteiger partial charge in [-0.25, -0.2) is 13.1 Å². The molecule has 0 amide bonds. The standard InChI is InChI=1S/C11H10BrN3O3S/c1-15-9(11(12)13-14-15)10(16)7-3-5-8(6-4-7)19(2,17)18/h3-6H,1-2H3. The summed E-state index contributed by atoms with van der Waals surface area (Å²) in [4.78, 5) is 12.4. The Kier molecular flexibility index (Phi) is 3.55. The number of carbonyl (C=O) groups excluding carboxylic acids is 1. The lowest BCUT2D eigenvalue weighted by molar-refractivity contribution is 0.102. The summed E-state index contributed by atoms with van der Waals surface area (Å²) in [5.74, 6) is -0.278. The van der Waals surface area contributed by atoms with E-state index in [1.807, 2.05) is 0 Å². The maximum Gasteiger partial charge on any atom is 0.213 e. The van der Waals surface area contributed by atoms with Crippen molar-refractivity contribution in [1.82, 2.24) is 15.0 Å². The van der Waals surface area contributed by atoms with Gasteiger partial charge in [-0.15, -0.1) is 5.10 Å². The summed E-state index contributed by atoms with van der Waals surface area (Å²) in [6, 6.07) is 5.75. The van der Waals surface area contributed by atoms with E-state index < -0.39 is 9.84 Å². The Labute approximate surface area is 118 Å². The van der Waals surface area contributed by atoms with Gasteiger partial charge >= 0.3 is 0 Å². The number of aryl methyl sites for hydroxylation is 1. The number of benzene rings is 1. The zero-order chi connectivity index (χ0) is 14.2. The van der Waals surface area contributed by atoms with Gasteiger partial charge in [-0.05, 0) is 40.2 Å². The van der Waals surface area contributed by atoms with E-state index in [0.29, 0.717) is 15.9 Å². The van der Waals surface area contributed by atoms with Crippen LogP contribution >= 0.6 is 15.9 Å². The highest BCUT2D eigenvalue weighted by Gasteiger charge is 2.19. The third-order valence-electron chi connectivity index (χ3n) is 2.55. The smallest absolute Gasteiger partial charge is 0.213 e. The first kappa shape index (κ1) is 13.9. The topological polar surface area (TPSA) is 81.9 Å². The first-order valence-corrected chi connectivity index (χ1v) is 7.89. The van der Waals surface area contributed by atoms with Crippen molar-refractivity contribution in [3.05, 3.63) is 40.1 Å². The molecule has 0 spiro atoms. The van der Waals surface area contributed by atoms with Crippen LogP contribution in [0, 0.1) is 0 Å². The van der Waals surface area contributed by atoms with Crippen LogP contribution in [0.15, 0.2) is 33.8 Å². The molecule has 100 valence electrons. The van der Waals surface area contributed by atoms with E-state index in [-0.39, 0.29) is 10.7 Å². The van der Waals surface area contributed by atoms with Crippen LogP contribution in [-0.4, -0.2) is 35.5 Å². The van der Waals surface area contributed by atoms with Crippen molar-refractivity contribution >= 4 is 31.6 Å². The van der Waals surface area contributed by atoms with Gasteiger partial charge in [0.25, 0.3) is 0 Å². The molecule has 0 aliphatic heterocycles. The fourth-order valence-corrected chi connectivity index (χ4v) is 2.70. The molecule has 0 aliphatic rings. The molecule has 0 radical (unpaired) electrons. The minimum absolute atomic E-state index is 0.172. The second-order valence-electron chi connectivity index (χ2n) is 3.98. The fraction of sp³-hybridized carbons (Fsp3) is 0.182. The van der Waals surface area contributed by atoms with Crippen LogP contribution in [0.5, 0.6) is 0 Å². The van der Waals surface area contributed by atoms with Gasteiger partial charge in [0.15, 0.2) is 14.4 Å². The molecule has 0 saturated heterocycles. The maximum atomic E-state index is 12.2. The molecule has 0 saturated carbocycles. The monoisotopic (exact) mass is 343 g/mol. The highest BCUT2D eigenvalue weighted by Crippen LogP contribution is 2.18. The van der Waals surface area contributed by atoms with E-state index in [0.717, 1.165) is 6.26 Å². The Morgan fingerprint density at radius 3 is 2.26 bits per heavy atom. The van der Waals surface area contributed by atoms with E-state index in [4.69, 9.17) is 0 Å². The molecule has 1 aromatic carbocycles. The Morgan fingerprint density at radius 1 is 1.26 bits per heavy atom. The van der Waals surface area contributed by atoms with Crippen LogP contribution in [0.4, 0.5) is 0 Å². The molecule has 8 heteroatoms. The zero-order valence-corrected chi connectivity index (χ0v) is 12.6. The summed E-state index contributed by atoms with van der Waals surface area (Å²) >= 11 is 3.15. The van der Waals surface area contributed by atoms with Gasteiger partial charge in [-0.3, -0.25) is 4.79 Å². The number of halogens is 1. The summed E-state index contributed by atoms with van der Waals surface area (Å²) in [6.45, 7) is 0. The highest BCUT2D eigenvalue weighted by atomic mass is 79.9. The molecule has 0 bridgehead atoms. The van der Waals surface area contributed by atoms with Crippen LogP contribution < -0.4 is 0 Å².